The van der Waals surface area contributed by atoms with E-state index < -0.39 is 0 Å². The van der Waals surface area contributed by atoms with Crippen molar-refractivity contribution in [2.24, 2.45) is 0 Å². The van der Waals surface area contributed by atoms with Crippen LogP contribution in [0, 0.1) is 0 Å². The Bertz CT molecular complexity index is 726. The largest absolute Gasteiger partial charge is 0.378 e. The number of benzene rings is 1. The van der Waals surface area contributed by atoms with Gasteiger partial charge in [-0.05, 0) is 29.7 Å². The second-order valence-corrected chi connectivity index (χ2v) is 6.12. The van der Waals surface area contributed by atoms with Crippen LogP contribution in [0.2, 0.25) is 0 Å². The number of amides is 1. The summed E-state index contributed by atoms with van der Waals surface area (Å²) < 4.78 is 5.34. The van der Waals surface area contributed by atoms with E-state index in [4.69, 9.17) is 4.74 Å². The molecule has 24 heavy (non-hydrogen) atoms. The predicted octanol–water partition coefficient (Wildman–Crippen LogP) is 1.51. The minimum Gasteiger partial charge on any atom is -0.378 e. The lowest BCUT2D eigenvalue weighted by Gasteiger charge is -2.29. The predicted molar refractivity (Wildman–Crippen MR) is 90.0 cm³/mol. The molecule has 0 saturated carbocycles. The van der Waals surface area contributed by atoms with Gasteiger partial charge in [-0.2, -0.15) is 0 Å². The molecule has 2 aliphatic rings. The molecule has 1 saturated heterocycles. The molecule has 1 fully saturated rings. The van der Waals surface area contributed by atoms with E-state index in [1.165, 1.54) is 11.1 Å². The summed E-state index contributed by atoms with van der Waals surface area (Å²) in [5, 5.41) is 8.40. The summed E-state index contributed by atoms with van der Waals surface area (Å²) in [6, 6.07) is 11.9. The zero-order chi connectivity index (χ0) is 16.4. The second kappa shape index (κ2) is 6.57. The highest BCUT2D eigenvalue weighted by Crippen LogP contribution is 2.20. The van der Waals surface area contributed by atoms with E-state index in [2.05, 4.69) is 27.2 Å². The van der Waals surface area contributed by atoms with Gasteiger partial charge in [-0.15, -0.1) is 10.2 Å². The molecule has 6 heteroatoms. The SMILES string of the molecule is O=C(c1ccc(N2CCOCC2)nn1)N1CCc2ccccc2C1. The van der Waals surface area contributed by atoms with E-state index >= 15 is 0 Å². The summed E-state index contributed by atoms with van der Waals surface area (Å²) in [5.74, 6) is 0.754. The molecular weight excluding hydrogens is 304 g/mol. The maximum absolute atomic E-state index is 12.7. The molecule has 0 radical (unpaired) electrons. The van der Waals surface area contributed by atoms with Crippen molar-refractivity contribution in [2.75, 3.05) is 37.7 Å². The van der Waals surface area contributed by atoms with E-state index in [-0.39, 0.29) is 5.91 Å². The highest BCUT2D eigenvalue weighted by molar-refractivity contribution is 5.92. The van der Waals surface area contributed by atoms with Crippen molar-refractivity contribution in [2.45, 2.75) is 13.0 Å². The van der Waals surface area contributed by atoms with Gasteiger partial charge in [0.15, 0.2) is 11.5 Å². The number of hydrogen-bond acceptors (Lipinski definition) is 5. The number of carbonyl (C=O) groups excluding carboxylic acids is 1. The summed E-state index contributed by atoms with van der Waals surface area (Å²) in [7, 11) is 0. The number of fused-ring (bicyclic) bond motifs is 1. The minimum atomic E-state index is -0.0504. The van der Waals surface area contributed by atoms with E-state index in [0.717, 1.165) is 31.9 Å². The number of hydrogen-bond donors (Lipinski definition) is 0. The summed E-state index contributed by atoms with van der Waals surface area (Å²) in [5.41, 5.74) is 2.96. The molecule has 6 nitrogen and oxygen atoms in total. The van der Waals surface area contributed by atoms with Crippen molar-refractivity contribution in [1.29, 1.82) is 0 Å². The lowest BCUT2D eigenvalue weighted by Crippen LogP contribution is -2.38. The van der Waals surface area contributed by atoms with Crippen LogP contribution in [0.3, 0.4) is 0 Å². The first-order valence-electron chi connectivity index (χ1n) is 8.34. The molecule has 0 unspecified atom stereocenters. The molecule has 0 N–H and O–H groups in total. The van der Waals surface area contributed by atoms with Crippen molar-refractivity contribution < 1.29 is 9.53 Å². The van der Waals surface area contributed by atoms with Crippen molar-refractivity contribution in [3.8, 4) is 0 Å². The van der Waals surface area contributed by atoms with Crippen molar-refractivity contribution in [3.05, 3.63) is 53.2 Å². The number of rotatable bonds is 2. The van der Waals surface area contributed by atoms with Crippen molar-refractivity contribution >= 4 is 11.7 Å². The molecule has 0 aliphatic carbocycles. The van der Waals surface area contributed by atoms with Gasteiger partial charge in [-0.1, -0.05) is 24.3 Å². The molecule has 3 heterocycles. The first-order chi connectivity index (χ1) is 11.8. The quantitative estimate of drug-likeness (QED) is 0.838. The molecule has 2 aromatic rings. The van der Waals surface area contributed by atoms with Gasteiger partial charge < -0.3 is 14.5 Å². The van der Waals surface area contributed by atoms with E-state index in [1.807, 2.05) is 23.1 Å². The first-order valence-corrected chi connectivity index (χ1v) is 8.34. The van der Waals surface area contributed by atoms with E-state index in [9.17, 15) is 4.79 Å². The third-order valence-corrected chi connectivity index (χ3v) is 4.62. The van der Waals surface area contributed by atoms with Gasteiger partial charge >= 0.3 is 0 Å². The monoisotopic (exact) mass is 324 g/mol. The highest BCUT2D eigenvalue weighted by Gasteiger charge is 2.23. The number of morpholine rings is 1. The molecule has 0 atom stereocenters. The molecule has 1 aromatic heterocycles. The maximum Gasteiger partial charge on any atom is 0.274 e. The molecule has 1 aromatic carbocycles. The molecular formula is C18H20N4O2. The van der Waals surface area contributed by atoms with Crippen LogP contribution in [0.5, 0.6) is 0 Å². The van der Waals surface area contributed by atoms with Crippen LogP contribution in [0.1, 0.15) is 21.6 Å². The lowest BCUT2D eigenvalue weighted by molar-refractivity contribution is 0.0727. The van der Waals surface area contributed by atoms with Gasteiger partial charge in [0.05, 0.1) is 13.2 Å². The number of ether oxygens (including phenoxy) is 1. The lowest BCUT2D eigenvalue weighted by atomic mass is 10.00. The zero-order valence-electron chi connectivity index (χ0n) is 13.5. The molecule has 2 aliphatic heterocycles. The van der Waals surface area contributed by atoms with E-state index in [0.29, 0.717) is 25.5 Å². The second-order valence-electron chi connectivity index (χ2n) is 6.12. The molecule has 124 valence electrons. The Balaban J connectivity index is 1.47. The summed E-state index contributed by atoms with van der Waals surface area (Å²) >= 11 is 0. The molecule has 0 spiro atoms. The average Bonchev–Trinajstić information content (AvgIpc) is 2.68. The molecule has 0 bridgehead atoms. The standard InChI is InChI=1S/C18H20N4O2/c23-18(22-8-7-14-3-1-2-4-15(14)13-22)16-5-6-17(20-19-16)21-9-11-24-12-10-21/h1-6H,7-13H2. The van der Waals surface area contributed by atoms with Gasteiger partial charge in [0, 0.05) is 26.2 Å². The third kappa shape index (κ3) is 2.97. The van der Waals surface area contributed by atoms with Gasteiger partial charge in [0.1, 0.15) is 0 Å². The van der Waals surface area contributed by atoms with Gasteiger partial charge in [0.2, 0.25) is 0 Å². The Hall–Kier alpha value is -2.47. The van der Waals surface area contributed by atoms with Gasteiger partial charge in [0.25, 0.3) is 5.91 Å². The highest BCUT2D eigenvalue weighted by atomic mass is 16.5. The van der Waals surface area contributed by atoms with Crippen LogP contribution in [0.4, 0.5) is 5.82 Å². The fourth-order valence-electron chi connectivity index (χ4n) is 3.23. The van der Waals surface area contributed by atoms with Crippen LogP contribution in [-0.2, 0) is 17.7 Å². The van der Waals surface area contributed by atoms with Crippen LogP contribution in [0.25, 0.3) is 0 Å². The van der Waals surface area contributed by atoms with Crippen LogP contribution < -0.4 is 4.90 Å². The third-order valence-electron chi connectivity index (χ3n) is 4.62. The topological polar surface area (TPSA) is 58.6 Å². The maximum atomic E-state index is 12.7. The summed E-state index contributed by atoms with van der Waals surface area (Å²) in [6.45, 7) is 4.39. The zero-order valence-corrected chi connectivity index (χ0v) is 13.5. The fourth-order valence-corrected chi connectivity index (χ4v) is 3.23. The Morgan fingerprint density at radius 1 is 0.958 bits per heavy atom. The smallest absolute Gasteiger partial charge is 0.274 e. The first kappa shape index (κ1) is 15.1. The Labute approximate surface area is 141 Å². The summed E-state index contributed by atoms with van der Waals surface area (Å²) in [4.78, 5) is 16.7. The van der Waals surface area contributed by atoms with Crippen molar-refractivity contribution in [3.63, 3.8) is 0 Å². The Morgan fingerprint density at radius 2 is 1.75 bits per heavy atom. The van der Waals surface area contributed by atoms with Crippen LogP contribution in [0.15, 0.2) is 36.4 Å². The Morgan fingerprint density at radius 3 is 2.50 bits per heavy atom. The van der Waals surface area contributed by atoms with E-state index in [1.54, 1.807) is 6.07 Å². The molecule has 1 amide bonds. The Kier molecular flexibility index (Phi) is 4.13. The van der Waals surface area contributed by atoms with Crippen LogP contribution >= 0.6 is 0 Å². The van der Waals surface area contributed by atoms with Crippen LogP contribution in [-0.4, -0.2) is 53.9 Å². The van der Waals surface area contributed by atoms with Crippen molar-refractivity contribution in [1.82, 2.24) is 15.1 Å². The number of anilines is 1. The fraction of sp³-hybridized carbons (Fsp3) is 0.389. The number of aromatic nitrogens is 2. The van der Waals surface area contributed by atoms with Gasteiger partial charge in [-0.25, -0.2) is 0 Å². The number of nitrogens with zero attached hydrogens (tertiary/aromatic N) is 4. The summed E-state index contributed by atoms with van der Waals surface area (Å²) in [6.07, 6.45) is 0.890. The van der Waals surface area contributed by atoms with Gasteiger partial charge in [-0.3, -0.25) is 4.79 Å². The normalized spacial score (nSPS) is 17.5. The minimum absolute atomic E-state index is 0.0504. The molecule has 4 rings (SSSR count). The number of carbonyl (C=O) groups is 1. The average molecular weight is 324 g/mol.